The highest BCUT2D eigenvalue weighted by Gasteiger charge is 2.13. The maximum absolute atomic E-state index is 5.55. The molecule has 0 aromatic carbocycles. The number of nitrogens with zero attached hydrogens (tertiary/aromatic N) is 4. The molecule has 62 valence electrons. The Balaban J connectivity index is 2.71. The summed E-state index contributed by atoms with van der Waals surface area (Å²) in [5.41, 5.74) is 5.55. The molecule has 0 aliphatic heterocycles. The first-order valence-electron chi connectivity index (χ1n) is 3.68. The van der Waals surface area contributed by atoms with Crippen LogP contribution in [0.2, 0.25) is 0 Å². The third-order valence-electron chi connectivity index (χ3n) is 1.72. The largest absolute Gasteiger partial charge is 0.328 e. The molecule has 0 aliphatic rings. The molecule has 1 atom stereocenters. The predicted octanol–water partition coefficient (Wildman–Crippen LogP) is -0.171. The number of tetrazole rings is 1. The highest BCUT2D eigenvalue weighted by Crippen LogP contribution is 2.12. The van der Waals surface area contributed by atoms with Crippen LogP contribution in [0.1, 0.15) is 19.9 Å². The maximum Gasteiger partial charge on any atom is 0.138 e. The highest BCUT2D eigenvalue weighted by atomic mass is 15.5. The van der Waals surface area contributed by atoms with Gasteiger partial charge in [-0.1, -0.05) is 13.8 Å². The van der Waals surface area contributed by atoms with Crippen LogP contribution in [0.25, 0.3) is 0 Å². The summed E-state index contributed by atoms with van der Waals surface area (Å²) < 4.78 is 1.70. The van der Waals surface area contributed by atoms with Gasteiger partial charge in [-0.05, 0) is 16.3 Å². The third-order valence-corrected chi connectivity index (χ3v) is 1.72. The van der Waals surface area contributed by atoms with E-state index in [1.165, 1.54) is 0 Å². The summed E-state index contributed by atoms with van der Waals surface area (Å²) in [6.45, 7) is 4.76. The molecule has 1 unspecified atom stereocenters. The predicted molar refractivity (Wildman–Crippen MR) is 40.7 cm³/mol. The van der Waals surface area contributed by atoms with Crippen molar-refractivity contribution in [3.8, 4) is 0 Å². The van der Waals surface area contributed by atoms with E-state index in [4.69, 9.17) is 5.73 Å². The standard InChI is InChI=1S/C6H13N5/c1-5(2)6(3-7)11-4-8-9-10-11/h4-6H,3,7H2,1-2H3. The lowest BCUT2D eigenvalue weighted by atomic mass is 10.1. The molecule has 5 nitrogen and oxygen atoms in total. The van der Waals surface area contributed by atoms with E-state index < -0.39 is 0 Å². The molecule has 11 heavy (non-hydrogen) atoms. The number of hydrogen-bond acceptors (Lipinski definition) is 4. The smallest absolute Gasteiger partial charge is 0.138 e. The molecule has 0 radical (unpaired) electrons. The number of rotatable bonds is 3. The van der Waals surface area contributed by atoms with Gasteiger partial charge in [0.1, 0.15) is 6.33 Å². The fourth-order valence-electron chi connectivity index (χ4n) is 1.01. The van der Waals surface area contributed by atoms with Crippen molar-refractivity contribution in [3.63, 3.8) is 0 Å². The minimum Gasteiger partial charge on any atom is -0.328 e. The molecule has 0 bridgehead atoms. The summed E-state index contributed by atoms with van der Waals surface area (Å²) in [7, 11) is 0. The molecule has 1 aromatic rings. The van der Waals surface area contributed by atoms with Crippen LogP contribution in [-0.4, -0.2) is 26.8 Å². The summed E-state index contributed by atoms with van der Waals surface area (Å²) in [4.78, 5) is 0. The Bertz CT molecular complexity index is 193. The number of hydrogen-bond donors (Lipinski definition) is 1. The van der Waals surface area contributed by atoms with Crippen LogP contribution in [-0.2, 0) is 0 Å². The topological polar surface area (TPSA) is 69.6 Å². The van der Waals surface area contributed by atoms with E-state index in [2.05, 4.69) is 29.4 Å². The normalized spacial score (nSPS) is 13.8. The van der Waals surface area contributed by atoms with E-state index in [1.807, 2.05) is 0 Å². The van der Waals surface area contributed by atoms with Gasteiger partial charge in [-0.25, -0.2) is 4.68 Å². The van der Waals surface area contributed by atoms with E-state index in [0.29, 0.717) is 12.5 Å². The van der Waals surface area contributed by atoms with Crippen LogP contribution in [0.4, 0.5) is 0 Å². The fraction of sp³-hybridized carbons (Fsp3) is 0.833. The van der Waals surface area contributed by atoms with Gasteiger partial charge in [0.15, 0.2) is 0 Å². The molecule has 0 amide bonds. The Morgan fingerprint density at radius 1 is 1.55 bits per heavy atom. The molecule has 1 rings (SSSR count). The van der Waals surface area contributed by atoms with Gasteiger partial charge in [0, 0.05) is 6.54 Å². The van der Waals surface area contributed by atoms with Crippen LogP contribution >= 0.6 is 0 Å². The zero-order valence-corrected chi connectivity index (χ0v) is 6.81. The van der Waals surface area contributed by atoms with Crippen LogP contribution in [0.15, 0.2) is 6.33 Å². The Morgan fingerprint density at radius 3 is 2.64 bits per heavy atom. The maximum atomic E-state index is 5.55. The number of nitrogens with two attached hydrogens (primary N) is 1. The van der Waals surface area contributed by atoms with Crippen molar-refractivity contribution in [1.82, 2.24) is 20.2 Å². The molecular formula is C6H13N5. The van der Waals surface area contributed by atoms with Gasteiger partial charge < -0.3 is 5.73 Å². The zero-order valence-electron chi connectivity index (χ0n) is 6.81. The molecule has 1 aromatic heterocycles. The van der Waals surface area contributed by atoms with Crippen LogP contribution in [0.3, 0.4) is 0 Å². The molecule has 5 heteroatoms. The van der Waals surface area contributed by atoms with Crippen LogP contribution in [0, 0.1) is 5.92 Å². The van der Waals surface area contributed by atoms with E-state index in [0.717, 1.165) is 0 Å². The lowest BCUT2D eigenvalue weighted by molar-refractivity contribution is 0.348. The average Bonchev–Trinajstić information content (AvgIpc) is 2.40. The zero-order chi connectivity index (χ0) is 8.27. The van der Waals surface area contributed by atoms with Gasteiger partial charge >= 0.3 is 0 Å². The molecule has 0 aliphatic carbocycles. The van der Waals surface area contributed by atoms with Crippen molar-refractivity contribution in [2.45, 2.75) is 19.9 Å². The van der Waals surface area contributed by atoms with Gasteiger partial charge in [-0.2, -0.15) is 0 Å². The van der Waals surface area contributed by atoms with E-state index in [-0.39, 0.29) is 6.04 Å². The Morgan fingerprint density at radius 2 is 2.27 bits per heavy atom. The molecule has 1 heterocycles. The SMILES string of the molecule is CC(C)C(CN)n1cnnn1. The van der Waals surface area contributed by atoms with Crippen LogP contribution < -0.4 is 5.73 Å². The number of aromatic nitrogens is 4. The van der Waals surface area contributed by atoms with Gasteiger partial charge in [0.25, 0.3) is 0 Å². The van der Waals surface area contributed by atoms with Gasteiger partial charge in [-0.3, -0.25) is 0 Å². The third kappa shape index (κ3) is 1.74. The van der Waals surface area contributed by atoms with Gasteiger partial charge in [0.05, 0.1) is 6.04 Å². The fourth-order valence-corrected chi connectivity index (χ4v) is 1.01. The second-order valence-electron chi connectivity index (χ2n) is 2.84. The molecule has 0 fully saturated rings. The minimum atomic E-state index is 0.213. The van der Waals surface area contributed by atoms with Crippen molar-refractivity contribution < 1.29 is 0 Å². The van der Waals surface area contributed by atoms with E-state index in [9.17, 15) is 0 Å². The van der Waals surface area contributed by atoms with Crippen molar-refractivity contribution in [1.29, 1.82) is 0 Å². The second-order valence-corrected chi connectivity index (χ2v) is 2.84. The summed E-state index contributed by atoms with van der Waals surface area (Å²) >= 11 is 0. The average molecular weight is 155 g/mol. The summed E-state index contributed by atoms with van der Waals surface area (Å²) in [6.07, 6.45) is 1.59. The first kappa shape index (κ1) is 8.13. The van der Waals surface area contributed by atoms with Crippen LogP contribution in [0.5, 0.6) is 0 Å². The summed E-state index contributed by atoms with van der Waals surface area (Å²) in [6, 6.07) is 0.213. The molecule has 2 N–H and O–H groups in total. The Kier molecular flexibility index (Phi) is 2.53. The first-order chi connectivity index (χ1) is 5.25. The van der Waals surface area contributed by atoms with Crippen molar-refractivity contribution >= 4 is 0 Å². The molecule has 0 saturated heterocycles. The van der Waals surface area contributed by atoms with E-state index in [1.54, 1.807) is 11.0 Å². The second kappa shape index (κ2) is 3.43. The first-order valence-corrected chi connectivity index (χ1v) is 3.68. The van der Waals surface area contributed by atoms with Crippen molar-refractivity contribution in [3.05, 3.63) is 6.33 Å². The molecule has 0 saturated carbocycles. The molecule has 0 spiro atoms. The summed E-state index contributed by atoms with van der Waals surface area (Å²) in [5.74, 6) is 0.462. The highest BCUT2D eigenvalue weighted by molar-refractivity contribution is 4.69. The quantitative estimate of drug-likeness (QED) is 0.658. The summed E-state index contributed by atoms with van der Waals surface area (Å²) in [5, 5.41) is 10.9. The Hall–Kier alpha value is -0.970. The van der Waals surface area contributed by atoms with Crippen molar-refractivity contribution in [2.75, 3.05) is 6.54 Å². The van der Waals surface area contributed by atoms with E-state index >= 15 is 0 Å². The molecular weight excluding hydrogens is 142 g/mol. The lowest BCUT2D eigenvalue weighted by Gasteiger charge is -2.17. The minimum absolute atomic E-state index is 0.213. The van der Waals surface area contributed by atoms with Gasteiger partial charge in [-0.15, -0.1) is 5.10 Å². The lowest BCUT2D eigenvalue weighted by Crippen LogP contribution is -2.24. The van der Waals surface area contributed by atoms with Gasteiger partial charge in [0.2, 0.25) is 0 Å². The Labute approximate surface area is 65.6 Å². The monoisotopic (exact) mass is 155 g/mol. The van der Waals surface area contributed by atoms with Crippen molar-refractivity contribution in [2.24, 2.45) is 11.7 Å².